The number of benzene rings is 1. The molecular weight excluding hydrogens is 252 g/mol. The molecule has 0 heterocycles. The van der Waals surface area contributed by atoms with Crippen molar-refractivity contribution in [3.8, 4) is 0 Å². The van der Waals surface area contributed by atoms with Crippen LogP contribution in [0, 0.1) is 5.41 Å². The Kier molecular flexibility index (Phi) is 4.83. The average Bonchev–Trinajstić information content (AvgIpc) is 2.75. The molecule has 1 aromatic rings. The molecule has 3 heteroatoms. The molecule has 106 valence electrons. The Bertz CT molecular complexity index is 484. The summed E-state index contributed by atoms with van der Waals surface area (Å²) in [4.78, 5) is 32.7. The molecule has 2 aliphatic rings. The summed E-state index contributed by atoms with van der Waals surface area (Å²) >= 11 is 0. The third-order valence-corrected chi connectivity index (χ3v) is 4.23. The molecule has 0 N–H and O–H groups in total. The maximum absolute atomic E-state index is 11.5. The highest BCUT2D eigenvalue weighted by Gasteiger charge is 2.46. The first-order valence-electron chi connectivity index (χ1n) is 7.21. The minimum atomic E-state index is -0.185. The highest BCUT2D eigenvalue weighted by atomic mass is 16.2. The number of carbonyl (C=O) groups is 3. The van der Waals surface area contributed by atoms with Crippen LogP contribution < -0.4 is 0 Å². The number of aldehydes is 1. The molecule has 0 unspecified atom stereocenters. The molecule has 0 bridgehead atoms. The molecule has 1 aromatic carbocycles. The first kappa shape index (κ1) is 14.6. The Hall–Kier alpha value is -1.77. The van der Waals surface area contributed by atoms with Crippen LogP contribution in [0.4, 0.5) is 0 Å². The molecule has 0 saturated heterocycles. The van der Waals surface area contributed by atoms with Crippen molar-refractivity contribution in [1.82, 2.24) is 0 Å². The molecule has 2 saturated carbocycles. The van der Waals surface area contributed by atoms with E-state index < -0.39 is 0 Å². The molecule has 2 fully saturated rings. The van der Waals surface area contributed by atoms with E-state index in [0.29, 0.717) is 6.42 Å². The molecule has 0 atom stereocenters. The van der Waals surface area contributed by atoms with E-state index in [1.165, 1.54) is 6.42 Å². The van der Waals surface area contributed by atoms with Gasteiger partial charge in [0.15, 0.2) is 0 Å². The largest absolute Gasteiger partial charge is 0.299 e. The van der Waals surface area contributed by atoms with Gasteiger partial charge in [0.1, 0.15) is 17.9 Å². The maximum atomic E-state index is 11.5. The molecule has 3 rings (SSSR count). The van der Waals surface area contributed by atoms with Gasteiger partial charge in [-0.25, -0.2) is 0 Å². The van der Waals surface area contributed by atoms with Crippen LogP contribution in [-0.4, -0.2) is 17.9 Å². The molecule has 0 aliphatic heterocycles. The smallest absolute Gasteiger partial charge is 0.150 e. The first-order valence-corrected chi connectivity index (χ1v) is 7.21. The second-order valence-corrected chi connectivity index (χ2v) is 5.68. The molecule has 0 amide bonds. The van der Waals surface area contributed by atoms with E-state index in [0.717, 1.165) is 37.5 Å². The van der Waals surface area contributed by atoms with E-state index in [2.05, 4.69) is 0 Å². The fourth-order valence-corrected chi connectivity index (χ4v) is 3.12. The lowest BCUT2D eigenvalue weighted by Gasteiger charge is -2.30. The Morgan fingerprint density at radius 2 is 1.60 bits per heavy atom. The summed E-state index contributed by atoms with van der Waals surface area (Å²) < 4.78 is 0. The molecule has 0 aromatic heterocycles. The summed E-state index contributed by atoms with van der Waals surface area (Å²) in [5, 5.41) is 0. The number of carbonyl (C=O) groups excluding carboxylic acids is 3. The van der Waals surface area contributed by atoms with Gasteiger partial charge in [0.2, 0.25) is 0 Å². The summed E-state index contributed by atoms with van der Waals surface area (Å²) in [6.07, 6.45) is 7.06. The first-order chi connectivity index (χ1) is 9.66. The average molecular weight is 272 g/mol. The van der Waals surface area contributed by atoms with Gasteiger partial charge in [0.25, 0.3) is 0 Å². The standard InChI is InChI=1S/C10H14O2.C7H6O/c11-8-6-9(12)10(7-8)4-2-1-3-5-10;8-6-7-4-2-1-3-5-7/h1-7H2;1-6H. The van der Waals surface area contributed by atoms with Crippen LogP contribution >= 0.6 is 0 Å². The van der Waals surface area contributed by atoms with Crippen LogP contribution in [0.5, 0.6) is 0 Å². The second kappa shape index (κ2) is 6.60. The van der Waals surface area contributed by atoms with Crippen molar-refractivity contribution in [3.05, 3.63) is 35.9 Å². The predicted octanol–water partition coefficient (Wildman–Crippen LogP) is 3.37. The Morgan fingerprint density at radius 1 is 0.950 bits per heavy atom. The number of hydrogen-bond acceptors (Lipinski definition) is 3. The van der Waals surface area contributed by atoms with Gasteiger partial charge in [-0.05, 0) is 12.8 Å². The summed E-state index contributed by atoms with van der Waals surface area (Å²) in [7, 11) is 0. The van der Waals surface area contributed by atoms with Crippen molar-refractivity contribution in [1.29, 1.82) is 0 Å². The van der Waals surface area contributed by atoms with Crippen molar-refractivity contribution in [2.24, 2.45) is 5.41 Å². The van der Waals surface area contributed by atoms with E-state index in [1.807, 2.05) is 18.2 Å². The zero-order valence-corrected chi connectivity index (χ0v) is 11.6. The summed E-state index contributed by atoms with van der Waals surface area (Å²) in [6.45, 7) is 0. The molecule has 1 spiro atoms. The lowest BCUT2D eigenvalue weighted by molar-refractivity contribution is -0.127. The van der Waals surface area contributed by atoms with E-state index in [1.54, 1.807) is 12.1 Å². The van der Waals surface area contributed by atoms with Crippen molar-refractivity contribution in [2.45, 2.75) is 44.9 Å². The third-order valence-electron chi connectivity index (χ3n) is 4.23. The number of ketones is 2. The van der Waals surface area contributed by atoms with Crippen LogP contribution in [-0.2, 0) is 9.59 Å². The molecular formula is C17H20O3. The van der Waals surface area contributed by atoms with Gasteiger partial charge in [0, 0.05) is 17.4 Å². The van der Waals surface area contributed by atoms with Crippen LogP contribution in [0.25, 0.3) is 0 Å². The Labute approximate surface area is 119 Å². The van der Waals surface area contributed by atoms with Gasteiger partial charge in [-0.15, -0.1) is 0 Å². The van der Waals surface area contributed by atoms with E-state index >= 15 is 0 Å². The normalized spacial score (nSPS) is 20.4. The van der Waals surface area contributed by atoms with Gasteiger partial charge >= 0.3 is 0 Å². The lowest BCUT2D eigenvalue weighted by atomic mass is 9.72. The zero-order valence-electron chi connectivity index (χ0n) is 11.6. The second-order valence-electron chi connectivity index (χ2n) is 5.68. The molecule has 0 radical (unpaired) electrons. The lowest BCUT2D eigenvalue weighted by Crippen LogP contribution is -2.28. The minimum absolute atomic E-state index is 0.168. The number of rotatable bonds is 1. The quantitative estimate of drug-likeness (QED) is 0.582. The van der Waals surface area contributed by atoms with Crippen LogP contribution in [0.15, 0.2) is 30.3 Å². The summed E-state index contributed by atoms with van der Waals surface area (Å²) in [6, 6.07) is 9.10. The van der Waals surface area contributed by atoms with E-state index in [4.69, 9.17) is 0 Å². The third kappa shape index (κ3) is 3.41. The maximum Gasteiger partial charge on any atom is 0.150 e. The van der Waals surface area contributed by atoms with E-state index in [9.17, 15) is 14.4 Å². The van der Waals surface area contributed by atoms with Crippen molar-refractivity contribution < 1.29 is 14.4 Å². The van der Waals surface area contributed by atoms with Crippen molar-refractivity contribution in [3.63, 3.8) is 0 Å². The van der Waals surface area contributed by atoms with Gasteiger partial charge in [-0.2, -0.15) is 0 Å². The van der Waals surface area contributed by atoms with Gasteiger partial charge in [0.05, 0.1) is 6.42 Å². The Morgan fingerprint density at radius 3 is 2.05 bits per heavy atom. The Balaban J connectivity index is 0.000000160. The predicted molar refractivity (Wildman–Crippen MR) is 76.6 cm³/mol. The topological polar surface area (TPSA) is 51.2 Å². The summed E-state index contributed by atoms with van der Waals surface area (Å²) in [5.41, 5.74) is 0.544. The van der Waals surface area contributed by atoms with Gasteiger partial charge in [-0.1, -0.05) is 49.6 Å². The van der Waals surface area contributed by atoms with Crippen molar-refractivity contribution >= 4 is 17.9 Å². The van der Waals surface area contributed by atoms with Crippen molar-refractivity contribution in [2.75, 3.05) is 0 Å². The van der Waals surface area contributed by atoms with Crippen LogP contribution in [0.3, 0.4) is 0 Å². The molecule has 20 heavy (non-hydrogen) atoms. The van der Waals surface area contributed by atoms with E-state index in [-0.39, 0.29) is 23.4 Å². The fourth-order valence-electron chi connectivity index (χ4n) is 3.12. The number of hydrogen-bond donors (Lipinski definition) is 0. The highest BCUT2D eigenvalue weighted by Crippen LogP contribution is 2.44. The molecule has 2 aliphatic carbocycles. The van der Waals surface area contributed by atoms with Crippen LogP contribution in [0.1, 0.15) is 55.3 Å². The zero-order chi connectivity index (χ0) is 14.4. The summed E-state index contributed by atoms with van der Waals surface area (Å²) in [5.74, 6) is 0.397. The fraction of sp³-hybridized carbons (Fsp3) is 0.471. The molecule has 3 nitrogen and oxygen atoms in total. The minimum Gasteiger partial charge on any atom is -0.299 e. The SMILES string of the molecule is O=C1CC(=O)C2(CCCCC2)C1.O=Cc1ccccc1. The van der Waals surface area contributed by atoms with Crippen LogP contribution in [0.2, 0.25) is 0 Å². The van der Waals surface area contributed by atoms with Gasteiger partial charge in [-0.3, -0.25) is 14.4 Å². The highest BCUT2D eigenvalue weighted by molar-refractivity contribution is 6.09. The monoisotopic (exact) mass is 272 g/mol. The number of Topliss-reactive ketones (excluding diaryl/α,β-unsaturated/α-hetero) is 2. The van der Waals surface area contributed by atoms with Gasteiger partial charge < -0.3 is 0 Å².